The first-order valence-corrected chi connectivity index (χ1v) is 9.73. The summed E-state index contributed by atoms with van der Waals surface area (Å²) in [6, 6.07) is 12.1. The van der Waals surface area contributed by atoms with E-state index in [0.717, 1.165) is 50.2 Å². The van der Waals surface area contributed by atoms with Crippen LogP contribution in [0.1, 0.15) is 45.8 Å². The second-order valence-electron chi connectivity index (χ2n) is 7.57. The van der Waals surface area contributed by atoms with E-state index in [2.05, 4.69) is 39.3 Å². The Hall–Kier alpha value is -2.63. The van der Waals surface area contributed by atoms with E-state index in [1.165, 1.54) is 22.1 Å². The number of aromatic amines is 1. The standard InChI is InChI=1S/C22H24N4O/c27-22(26-18-3-1-16-11-24-12-17(16)9-18)15-2-4-21-19(10-15)20(13-25-21)14-5-7-23-8-6-14/h1-4,9-10,13-14,23-25H,5-8,11-12H2,(H,26,27). The molecule has 138 valence electrons. The number of fused-ring (bicyclic) bond motifs is 2. The van der Waals surface area contributed by atoms with Crippen molar-refractivity contribution in [2.45, 2.75) is 31.8 Å². The van der Waals surface area contributed by atoms with Crippen LogP contribution < -0.4 is 16.0 Å². The molecule has 1 amide bonds. The Morgan fingerprint density at radius 1 is 0.963 bits per heavy atom. The van der Waals surface area contributed by atoms with Crippen LogP contribution in [0.3, 0.4) is 0 Å². The summed E-state index contributed by atoms with van der Waals surface area (Å²) in [4.78, 5) is 16.2. The van der Waals surface area contributed by atoms with Gasteiger partial charge in [0, 0.05) is 41.4 Å². The van der Waals surface area contributed by atoms with Crippen LogP contribution in [0, 0.1) is 0 Å². The number of H-pyrrole nitrogens is 1. The molecule has 2 aliphatic heterocycles. The van der Waals surface area contributed by atoms with Gasteiger partial charge in [-0.3, -0.25) is 4.79 Å². The van der Waals surface area contributed by atoms with E-state index in [0.29, 0.717) is 11.5 Å². The van der Waals surface area contributed by atoms with Gasteiger partial charge in [0.15, 0.2) is 0 Å². The number of amides is 1. The van der Waals surface area contributed by atoms with Crippen LogP contribution in [0.5, 0.6) is 0 Å². The molecule has 1 fully saturated rings. The zero-order valence-corrected chi connectivity index (χ0v) is 15.3. The molecule has 1 aromatic heterocycles. The number of hydrogen-bond acceptors (Lipinski definition) is 3. The highest BCUT2D eigenvalue weighted by atomic mass is 16.1. The minimum Gasteiger partial charge on any atom is -0.361 e. The van der Waals surface area contributed by atoms with Gasteiger partial charge >= 0.3 is 0 Å². The average molecular weight is 360 g/mol. The van der Waals surface area contributed by atoms with Gasteiger partial charge in [-0.1, -0.05) is 6.07 Å². The molecule has 0 atom stereocenters. The van der Waals surface area contributed by atoms with Gasteiger partial charge in [-0.2, -0.15) is 0 Å². The number of benzene rings is 2. The van der Waals surface area contributed by atoms with Crippen molar-refractivity contribution in [1.29, 1.82) is 0 Å². The summed E-state index contributed by atoms with van der Waals surface area (Å²) in [5.41, 5.74) is 6.58. The Balaban J connectivity index is 1.41. The number of hydrogen-bond donors (Lipinski definition) is 4. The van der Waals surface area contributed by atoms with E-state index < -0.39 is 0 Å². The first-order chi connectivity index (χ1) is 13.3. The second-order valence-corrected chi connectivity index (χ2v) is 7.57. The molecule has 0 radical (unpaired) electrons. The monoisotopic (exact) mass is 360 g/mol. The molecule has 4 N–H and O–H groups in total. The van der Waals surface area contributed by atoms with E-state index in [4.69, 9.17) is 0 Å². The van der Waals surface area contributed by atoms with Gasteiger partial charge in [-0.15, -0.1) is 0 Å². The zero-order valence-electron chi connectivity index (χ0n) is 15.3. The predicted octanol–water partition coefficient (Wildman–Crippen LogP) is 3.49. The number of carbonyl (C=O) groups is 1. The molecule has 5 heteroatoms. The Kier molecular flexibility index (Phi) is 4.19. The summed E-state index contributed by atoms with van der Waals surface area (Å²) in [6.45, 7) is 3.90. The fraction of sp³-hybridized carbons (Fsp3) is 0.318. The highest BCUT2D eigenvalue weighted by Gasteiger charge is 2.19. The summed E-state index contributed by atoms with van der Waals surface area (Å²) >= 11 is 0. The summed E-state index contributed by atoms with van der Waals surface area (Å²) in [5.74, 6) is 0.503. The number of anilines is 1. The van der Waals surface area contributed by atoms with Crippen molar-refractivity contribution in [2.75, 3.05) is 18.4 Å². The number of piperidine rings is 1. The molecule has 27 heavy (non-hydrogen) atoms. The van der Waals surface area contributed by atoms with E-state index >= 15 is 0 Å². The number of aromatic nitrogens is 1. The van der Waals surface area contributed by atoms with Crippen LogP contribution in [0.25, 0.3) is 10.9 Å². The molecule has 1 saturated heterocycles. The summed E-state index contributed by atoms with van der Waals surface area (Å²) in [7, 11) is 0. The van der Waals surface area contributed by atoms with Crippen molar-refractivity contribution in [3.63, 3.8) is 0 Å². The van der Waals surface area contributed by atoms with Crippen LogP contribution in [-0.4, -0.2) is 24.0 Å². The minimum atomic E-state index is -0.0553. The molecule has 5 rings (SSSR count). The van der Waals surface area contributed by atoms with E-state index in [-0.39, 0.29) is 5.91 Å². The maximum Gasteiger partial charge on any atom is 0.255 e. The zero-order chi connectivity index (χ0) is 18.2. The number of rotatable bonds is 3. The molecule has 0 aliphatic carbocycles. The van der Waals surface area contributed by atoms with E-state index in [9.17, 15) is 4.79 Å². The van der Waals surface area contributed by atoms with Gasteiger partial charge in [0.05, 0.1) is 0 Å². The summed E-state index contributed by atoms with van der Waals surface area (Å²) in [5, 5.41) is 11.0. The summed E-state index contributed by atoms with van der Waals surface area (Å²) < 4.78 is 0. The van der Waals surface area contributed by atoms with Crippen LogP contribution in [0.4, 0.5) is 5.69 Å². The fourth-order valence-electron chi connectivity index (χ4n) is 4.33. The van der Waals surface area contributed by atoms with Crippen molar-refractivity contribution in [1.82, 2.24) is 15.6 Å². The first kappa shape index (κ1) is 16.5. The summed E-state index contributed by atoms with van der Waals surface area (Å²) in [6.07, 6.45) is 4.41. The van der Waals surface area contributed by atoms with Gasteiger partial charge in [-0.05, 0) is 78.9 Å². The molecule has 3 aromatic rings. The Morgan fingerprint density at radius 2 is 1.81 bits per heavy atom. The highest BCUT2D eigenvalue weighted by molar-refractivity contribution is 6.06. The lowest BCUT2D eigenvalue weighted by Crippen LogP contribution is -2.26. The van der Waals surface area contributed by atoms with E-state index in [1.807, 2.05) is 24.3 Å². The molecule has 2 aromatic carbocycles. The third-order valence-electron chi connectivity index (χ3n) is 5.85. The lowest BCUT2D eigenvalue weighted by Gasteiger charge is -2.22. The Morgan fingerprint density at radius 3 is 2.70 bits per heavy atom. The van der Waals surface area contributed by atoms with Crippen LogP contribution in [0.2, 0.25) is 0 Å². The first-order valence-electron chi connectivity index (χ1n) is 9.73. The smallest absolute Gasteiger partial charge is 0.255 e. The third-order valence-corrected chi connectivity index (χ3v) is 5.85. The molecule has 5 nitrogen and oxygen atoms in total. The number of carbonyl (C=O) groups excluding carboxylic acids is 1. The van der Waals surface area contributed by atoms with Crippen molar-refractivity contribution < 1.29 is 4.79 Å². The molecule has 0 bridgehead atoms. The molecule has 3 heterocycles. The maximum absolute atomic E-state index is 12.8. The number of nitrogens with one attached hydrogen (secondary N) is 4. The quantitative estimate of drug-likeness (QED) is 0.578. The highest BCUT2D eigenvalue weighted by Crippen LogP contribution is 2.32. The largest absolute Gasteiger partial charge is 0.361 e. The normalized spacial score (nSPS) is 17.2. The van der Waals surface area contributed by atoms with Crippen molar-refractivity contribution in [3.8, 4) is 0 Å². The lowest BCUT2D eigenvalue weighted by atomic mass is 9.89. The molecular weight excluding hydrogens is 336 g/mol. The van der Waals surface area contributed by atoms with Gasteiger partial charge < -0.3 is 20.9 Å². The molecule has 0 unspecified atom stereocenters. The SMILES string of the molecule is O=C(Nc1ccc2c(c1)CNC2)c1ccc2[nH]cc(C3CCNCC3)c2c1. The van der Waals surface area contributed by atoms with Crippen molar-refractivity contribution >= 4 is 22.5 Å². The average Bonchev–Trinajstić information content (AvgIpc) is 3.34. The van der Waals surface area contributed by atoms with Gasteiger partial charge in [0.1, 0.15) is 0 Å². The minimum absolute atomic E-state index is 0.0553. The van der Waals surface area contributed by atoms with Crippen LogP contribution >= 0.6 is 0 Å². The molecule has 2 aliphatic rings. The van der Waals surface area contributed by atoms with Crippen molar-refractivity contribution in [3.05, 3.63) is 64.8 Å². The van der Waals surface area contributed by atoms with Crippen LogP contribution in [-0.2, 0) is 13.1 Å². The Bertz CT molecular complexity index is 1000. The van der Waals surface area contributed by atoms with Gasteiger partial charge in [-0.25, -0.2) is 0 Å². The van der Waals surface area contributed by atoms with E-state index in [1.54, 1.807) is 0 Å². The molecule has 0 spiro atoms. The second kappa shape index (κ2) is 6.83. The maximum atomic E-state index is 12.8. The van der Waals surface area contributed by atoms with Gasteiger partial charge in [0.2, 0.25) is 0 Å². The molecular formula is C22H24N4O. The Labute approximate surface area is 158 Å². The van der Waals surface area contributed by atoms with Crippen molar-refractivity contribution in [2.24, 2.45) is 0 Å². The predicted molar refractivity (Wildman–Crippen MR) is 108 cm³/mol. The third kappa shape index (κ3) is 3.13. The van der Waals surface area contributed by atoms with Crippen LogP contribution in [0.15, 0.2) is 42.6 Å². The molecule has 0 saturated carbocycles. The topological polar surface area (TPSA) is 69.0 Å². The van der Waals surface area contributed by atoms with Gasteiger partial charge in [0.25, 0.3) is 5.91 Å². The lowest BCUT2D eigenvalue weighted by molar-refractivity contribution is 0.102. The fourth-order valence-corrected chi connectivity index (χ4v) is 4.33.